The molecule has 0 spiro atoms. The summed E-state index contributed by atoms with van der Waals surface area (Å²) in [6, 6.07) is 7.04. The van der Waals surface area contributed by atoms with Crippen LogP contribution >= 0.6 is 15.9 Å². The Kier molecular flexibility index (Phi) is 3.28. The number of aryl methyl sites for hydroxylation is 1. The lowest BCUT2D eigenvalue weighted by Gasteiger charge is -2.01. The normalized spacial score (nSPS) is 10.5. The molecule has 2 rings (SSSR count). The molecular weight excluding hydrogens is 282 g/mol. The van der Waals surface area contributed by atoms with E-state index in [1.165, 1.54) is 0 Å². The molecule has 0 aliphatic carbocycles. The van der Waals surface area contributed by atoms with E-state index in [-0.39, 0.29) is 0 Å². The Hall–Kier alpha value is -1.62. The molecule has 5 heteroatoms. The van der Waals surface area contributed by atoms with Gasteiger partial charge in [-0.15, -0.1) is 0 Å². The topological polar surface area (TPSA) is 60.9 Å². The molecule has 1 amide bonds. The van der Waals surface area contributed by atoms with E-state index in [9.17, 15) is 4.79 Å². The third kappa shape index (κ3) is 2.39. The summed E-state index contributed by atoms with van der Waals surface area (Å²) in [7, 11) is 0. The molecule has 1 aromatic carbocycles. The second-order valence-electron chi connectivity index (χ2n) is 3.73. The van der Waals surface area contributed by atoms with Crippen molar-refractivity contribution in [1.82, 2.24) is 9.78 Å². The first-order chi connectivity index (χ1) is 8.11. The fourth-order valence-electron chi connectivity index (χ4n) is 1.54. The minimum absolute atomic E-state index is 0.422. The summed E-state index contributed by atoms with van der Waals surface area (Å²) < 4.78 is 1.79. The number of rotatable bonds is 3. The van der Waals surface area contributed by atoms with Crippen LogP contribution in [0.4, 0.5) is 0 Å². The van der Waals surface area contributed by atoms with Crippen molar-refractivity contribution in [2.24, 2.45) is 5.73 Å². The molecule has 0 atom stereocenters. The number of hydrogen-bond acceptors (Lipinski definition) is 2. The van der Waals surface area contributed by atoms with E-state index in [1.807, 2.05) is 25.3 Å². The molecule has 1 heterocycles. The molecule has 17 heavy (non-hydrogen) atoms. The van der Waals surface area contributed by atoms with E-state index in [4.69, 9.17) is 5.73 Å². The number of benzene rings is 1. The summed E-state index contributed by atoms with van der Waals surface area (Å²) in [6.07, 6.45) is 1.96. The lowest BCUT2D eigenvalue weighted by molar-refractivity contribution is 0.100. The maximum absolute atomic E-state index is 10.9. The lowest BCUT2D eigenvalue weighted by atomic mass is 10.2. The Bertz CT molecular complexity index is 545. The quantitative estimate of drug-likeness (QED) is 0.882. The van der Waals surface area contributed by atoms with Gasteiger partial charge in [0.05, 0.1) is 11.4 Å². The standard InChI is InChI=1S/C12H12BrN3O/c1-8-10(6-13)7-16(15-8)11-4-2-9(3-5-11)12(14)17/h2-5,7H,6H2,1H3,(H2,14,17). The number of nitrogens with two attached hydrogens (primary N) is 1. The third-order valence-corrected chi connectivity index (χ3v) is 3.17. The number of aromatic nitrogens is 2. The first-order valence-corrected chi connectivity index (χ1v) is 6.25. The molecule has 0 aliphatic rings. The van der Waals surface area contributed by atoms with Crippen LogP contribution in [0.3, 0.4) is 0 Å². The number of halogens is 1. The van der Waals surface area contributed by atoms with Crippen LogP contribution < -0.4 is 5.73 Å². The van der Waals surface area contributed by atoms with Gasteiger partial charge >= 0.3 is 0 Å². The highest BCUT2D eigenvalue weighted by molar-refractivity contribution is 9.08. The summed E-state index contributed by atoms with van der Waals surface area (Å²) in [5.74, 6) is -0.422. The minimum atomic E-state index is -0.422. The Balaban J connectivity index is 2.36. The number of nitrogens with zero attached hydrogens (tertiary/aromatic N) is 2. The second-order valence-corrected chi connectivity index (χ2v) is 4.29. The number of hydrogen-bond donors (Lipinski definition) is 1. The second kappa shape index (κ2) is 4.71. The fourth-order valence-corrected chi connectivity index (χ4v) is 2.09. The van der Waals surface area contributed by atoms with Crippen LogP contribution in [0.15, 0.2) is 30.5 Å². The van der Waals surface area contributed by atoms with Crippen LogP contribution in [0.1, 0.15) is 21.6 Å². The molecule has 0 fully saturated rings. The molecule has 0 saturated heterocycles. The highest BCUT2D eigenvalue weighted by Crippen LogP contribution is 2.14. The van der Waals surface area contributed by atoms with Gasteiger partial charge in [-0.25, -0.2) is 4.68 Å². The molecule has 4 nitrogen and oxygen atoms in total. The largest absolute Gasteiger partial charge is 0.366 e. The molecular formula is C12H12BrN3O. The van der Waals surface area contributed by atoms with E-state index < -0.39 is 5.91 Å². The lowest BCUT2D eigenvalue weighted by Crippen LogP contribution is -2.10. The number of carbonyl (C=O) groups excluding carboxylic acids is 1. The van der Waals surface area contributed by atoms with Crippen molar-refractivity contribution in [1.29, 1.82) is 0 Å². The van der Waals surface area contributed by atoms with E-state index in [0.717, 1.165) is 22.3 Å². The molecule has 0 radical (unpaired) electrons. The molecule has 1 aromatic heterocycles. The van der Waals surface area contributed by atoms with Crippen molar-refractivity contribution in [2.45, 2.75) is 12.3 Å². The number of amides is 1. The average molecular weight is 294 g/mol. The molecule has 0 bridgehead atoms. The van der Waals surface area contributed by atoms with Gasteiger partial charge in [0.25, 0.3) is 0 Å². The van der Waals surface area contributed by atoms with Crippen molar-refractivity contribution >= 4 is 21.8 Å². The number of alkyl halides is 1. The van der Waals surface area contributed by atoms with Crippen molar-refractivity contribution < 1.29 is 4.79 Å². The highest BCUT2D eigenvalue weighted by Gasteiger charge is 2.06. The van der Waals surface area contributed by atoms with Crippen LogP contribution in [0.5, 0.6) is 0 Å². The smallest absolute Gasteiger partial charge is 0.248 e. The number of carbonyl (C=O) groups is 1. The zero-order valence-corrected chi connectivity index (χ0v) is 10.9. The van der Waals surface area contributed by atoms with Crippen LogP contribution in [-0.2, 0) is 5.33 Å². The Labute approximate surface area is 108 Å². The van der Waals surface area contributed by atoms with Gasteiger partial charge in [0.2, 0.25) is 5.91 Å². The maximum Gasteiger partial charge on any atom is 0.248 e. The van der Waals surface area contributed by atoms with E-state index in [0.29, 0.717) is 5.56 Å². The number of primary amides is 1. The Morgan fingerprint density at radius 3 is 2.53 bits per heavy atom. The Morgan fingerprint density at radius 1 is 1.41 bits per heavy atom. The van der Waals surface area contributed by atoms with Gasteiger partial charge in [-0.1, -0.05) is 15.9 Å². The minimum Gasteiger partial charge on any atom is -0.366 e. The highest BCUT2D eigenvalue weighted by atomic mass is 79.9. The van der Waals surface area contributed by atoms with E-state index in [1.54, 1.807) is 16.8 Å². The summed E-state index contributed by atoms with van der Waals surface area (Å²) in [5, 5.41) is 5.17. The predicted molar refractivity (Wildman–Crippen MR) is 69.4 cm³/mol. The first kappa shape index (κ1) is 11.9. The Morgan fingerprint density at radius 2 is 2.06 bits per heavy atom. The van der Waals surface area contributed by atoms with E-state index >= 15 is 0 Å². The summed E-state index contributed by atoms with van der Waals surface area (Å²) >= 11 is 3.41. The summed E-state index contributed by atoms with van der Waals surface area (Å²) in [4.78, 5) is 10.9. The van der Waals surface area contributed by atoms with Crippen LogP contribution in [0.25, 0.3) is 5.69 Å². The molecule has 2 N–H and O–H groups in total. The van der Waals surface area contributed by atoms with Gasteiger partial charge in [0, 0.05) is 22.7 Å². The van der Waals surface area contributed by atoms with Gasteiger partial charge in [0.1, 0.15) is 0 Å². The zero-order chi connectivity index (χ0) is 12.4. The first-order valence-electron chi connectivity index (χ1n) is 5.13. The van der Waals surface area contributed by atoms with Gasteiger partial charge in [-0.3, -0.25) is 4.79 Å². The zero-order valence-electron chi connectivity index (χ0n) is 9.35. The van der Waals surface area contributed by atoms with Crippen LogP contribution in [0.2, 0.25) is 0 Å². The van der Waals surface area contributed by atoms with Gasteiger partial charge < -0.3 is 5.73 Å². The molecule has 0 aliphatic heterocycles. The third-order valence-electron chi connectivity index (χ3n) is 2.56. The SMILES string of the molecule is Cc1nn(-c2ccc(C(N)=O)cc2)cc1CBr. The van der Waals surface area contributed by atoms with Crippen LogP contribution in [0, 0.1) is 6.92 Å². The van der Waals surface area contributed by atoms with Crippen molar-refractivity contribution in [2.75, 3.05) is 0 Å². The molecule has 0 saturated carbocycles. The van der Waals surface area contributed by atoms with Crippen molar-refractivity contribution in [3.8, 4) is 5.69 Å². The van der Waals surface area contributed by atoms with Crippen molar-refractivity contribution in [3.63, 3.8) is 0 Å². The van der Waals surface area contributed by atoms with Crippen LogP contribution in [-0.4, -0.2) is 15.7 Å². The maximum atomic E-state index is 10.9. The van der Waals surface area contributed by atoms with Gasteiger partial charge in [-0.2, -0.15) is 5.10 Å². The summed E-state index contributed by atoms with van der Waals surface area (Å²) in [6.45, 7) is 1.96. The van der Waals surface area contributed by atoms with Crippen molar-refractivity contribution in [3.05, 3.63) is 47.3 Å². The van der Waals surface area contributed by atoms with Gasteiger partial charge in [0.15, 0.2) is 0 Å². The monoisotopic (exact) mass is 293 g/mol. The molecule has 88 valence electrons. The molecule has 2 aromatic rings. The predicted octanol–water partition coefficient (Wildman–Crippen LogP) is 2.17. The average Bonchev–Trinajstić information content (AvgIpc) is 2.70. The van der Waals surface area contributed by atoms with E-state index in [2.05, 4.69) is 21.0 Å². The van der Waals surface area contributed by atoms with Gasteiger partial charge in [-0.05, 0) is 31.2 Å². The fraction of sp³-hybridized carbons (Fsp3) is 0.167. The molecule has 0 unspecified atom stereocenters. The summed E-state index contributed by atoms with van der Waals surface area (Å²) in [5.41, 5.74) is 8.72.